The molecule has 0 aliphatic heterocycles. The second-order valence-electron chi connectivity index (χ2n) is 5.81. The highest BCUT2D eigenvalue weighted by Crippen LogP contribution is 2.25. The molecule has 25 heavy (non-hydrogen) atoms. The fraction of sp³-hybridized carbons (Fsp3) is 0.200. The smallest absolute Gasteiger partial charge is 0.131 e. The standard InChI is InChI=1S/C20H21N3O2/c1-13-5-8-18-17(9-13)19(10-14(2)22-18)23-21-12-15-6-7-16(24-3)11-20(15)25-4/h5-12H,1-4H3,(H,22,23). The SMILES string of the molecule is COc1ccc(C=NNc2cc(C)nc3ccc(C)cc23)c(OC)c1. The average Bonchev–Trinajstić information content (AvgIpc) is 2.62. The van der Waals surface area contributed by atoms with Crippen LogP contribution in [-0.4, -0.2) is 25.4 Å². The lowest BCUT2D eigenvalue weighted by Gasteiger charge is -2.09. The molecule has 0 saturated heterocycles. The molecular weight excluding hydrogens is 314 g/mol. The molecule has 0 unspecified atom stereocenters. The van der Waals surface area contributed by atoms with Crippen molar-refractivity contribution in [2.75, 3.05) is 19.6 Å². The van der Waals surface area contributed by atoms with Crippen molar-refractivity contribution in [3.8, 4) is 11.5 Å². The van der Waals surface area contributed by atoms with E-state index in [-0.39, 0.29) is 0 Å². The Bertz CT molecular complexity index is 936. The molecule has 0 spiro atoms. The number of benzene rings is 2. The zero-order valence-corrected chi connectivity index (χ0v) is 14.8. The van der Waals surface area contributed by atoms with Crippen LogP contribution in [0.5, 0.6) is 11.5 Å². The van der Waals surface area contributed by atoms with E-state index in [2.05, 4.69) is 34.6 Å². The maximum absolute atomic E-state index is 5.39. The monoisotopic (exact) mass is 335 g/mol. The Morgan fingerprint density at radius 2 is 1.84 bits per heavy atom. The number of aromatic nitrogens is 1. The van der Waals surface area contributed by atoms with Crippen molar-refractivity contribution >= 4 is 22.8 Å². The second kappa shape index (κ2) is 7.21. The second-order valence-corrected chi connectivity index (χ2v) is 5.81. The third-order valence-electron chi connectivity index (χ3n) is 3.92. The average molecular weight is 335 g/mol. The van der Waals surface area contributed by atoms with Gasteiger partial charge in [-0.15, -0.1) is 0 Å². The summed E-state index contributed by atoms with van der Waals surface area (Å²) in [6, 6.07) is 13.8. The zero-order chi connectivity index (χ0) is 17.8. The molecule has 1 heterocycles. The van der Waals surface area contributed by atoms with Crippen molar-refractivity contribution in [2.45, 2.75) is 13.8 Å². The van der Waals surface area contributed by atoms with Gasteiger partial charge in [-0.25, -0.2) is 0 Å². The number of nitrogens with one attached hydrogen (secondary N) is 1. The molecule has 0 saturated carbocycles. The van der Waals surface area contributed by atoms with Crippen LogP contribution in [0, 0.1) is 13.8 Å². The van der Waals surface area contributed by atoms with Crippen LogP contribution >= 0.6 is 0 Å². The first kappa shape index (κ1) is 16.8. The van der Waals surface area contributed by atoms with Crippen molar-refractivity contribution in [1.29, 1.82) is 0 Å². The Morgan fingerprint density at radius 1 is 1.00 bits per heavy atom. The molecule has 0 bridgehead atoms. The summed E-state index contributed by atoms with van der Waals surface area (Å²) in [5.41, 5.74) is 7.99. The quantitative estimate of drug-likeness (QED) is 0.557. The summed E-state index contributed by atoms with van der Waals surface area (Å²) in [6.07, 6.45) is 1.73. The highest BCUT2D eigenvalue weighted by molar-refractivity contribution is 5.92. The largest absolute Gasteiger partial charge is 0.497 e. The van der Waals surface area contributed by atoms with Crippen LogP contribution in [0.2, 0.25) is 0 Å². The fourth-order valence-electron chi connectivity index (χ4n) is 2.66. The first-order valence-electron chi connectivity index (χ1n) is 8.00. The number of hydrogen-bond acceptors (Lipinski definition) is 5. The Labute approximate surface area is 147 Å². The molecule has 0 amide bonds. The van der Waals surface area contributed by atoms with E-state index in [1.165, 1.54) is 5.56 Å². The first-order chi connectivity index (χ1) is 12.1. The molecule has 3 rings (SSSR count). The van der Waals surface area contributed by atoms with Gasteiger partial charge in [0.1, 0.15) is 11.5 Å². The molecule has 1 N–H and O–H groups in total. The number of hydrogen-bond donors (Lipinski definition) is 1. The van der Waals surface area contributed by atoms with E-state index >= 15 is 0 Å². The molecule has 2 aromatic carbocycles. The summed E-state index contributed by atoms with van der Waals surface area (Å²) < 4.78 is 10.6. The van der Waals surface area contributed by atoms with Crippen molar-refractivity contribution in [1.82, 2.24) is 4.98 Å². The lowest BCUT2D eigenvalue weighted by molar-refractivity contribution is 0.394. The van der Waals surface area contributed by atoms with Gasteiger partial charge in [-0.1, -0.05) is 11.6 Å². The van der Waals surface area contributed by atoms with E-state index in [1.807, 2.05) is 37.3 Å². The minimum absolute atomic E-state index is 0.705. The van der Waals surface area contributed by atoms with Crippen LogP contribution in [0.15, 0.2) is 47.6 Å². The zero-order valence-electron chi connectivity index (χ0n) is 14.8. The van der Waals surface area contributed by atoms with Crippen molar-refractivity contribution in [3.63, 3.8) is 0 Å². The van der Waals surface area contributed by atoms with Gasteiger partial charge < -0.3 is 9.47 Å². The van der Waals surface area contributed by atoms with E-state index in [9.17, 15) is 0 Å². The molecule has 5 nitrogen and oxygen atoms in total. The number of rotatable bonds is 5. The highest BCUT2D eigenvalue weighted by atomic mass is 16.5. The Hall–Kier alpha value is -3.08. The van der Waals surface area contributed by atoms with Crippen LogP contribution < -0.4 is 14.9 Å². The molecule has 128 valence electrons. The third-order valence-corrected chi connectivity index (χ3v) is 3.92. The molecule has 0 atom stereocenters. The van der Waals surface area contributed by atoms with E-state index in [4.69, 9.17) is 9.47 Å². The predicted molar refractivity (Wildman–Crippen MR) is 102 cm³/mol. The van der Waals surface area contributed by atoms with E-state index < -0.39 is 0 Å². The fourth-order valence-corrected chi connectivity index (χ4v) is 2.66. The molecule has 0 fully saturated rings. The number of nitrogens with zero attached hydrogens (tertiary/aromatic N) is 2. The van der Waals surface area contributed by atoms with Gasteiger partial charge >= 0.3 is 0 Å². The lowest BCUT2D eigenvalue weighted by Crippen LogP contribution is -1.97. The number of ether oxygens (including phenoxy) is 2. The van der Waals surface area contributed by atoms with Crippen LogP contribution in [0.4, 0.5) is 5.69 Å². The number of hydrazone groups is 1. The normalized spacial score (nSPS) is 11.0. The van der Waals surface area contributed by atoms with Crippen LogP contribution in [0.3, 0.4) is 0 Å². The van der Waals surface area contributed by atoms with E-state index in [0.29, 0.717) is 5.75 Å². The molecule has 0 aliphatic carbocycles. The summed E-state index contributed by atoms with van der Waals surface area (Å²) >= 11 is 0. The summed E-state index contributed by atoms with van der Waals surface area (Å²) in [5.74, 6) is 1.45. The Kier molecular flexibility index (Phi) is 4.84. The molecule has 0 radical (unpaired) electrons. The van der Waals surface area contributed by atoms with Crippen molar-refractivity contribution < 1.29 is 9.47 Å². The Balaban J connectivity index is 1.90. The van der Waals surface area contributed by atoms with E-state index in [1.54, 1.807) is 20.4 Å². The number of anilines is 1. The highest BCUT2D eigenvalue weighted by Gasteiger charge is 2.05. The lowest BCUT2D eigenvalue weighted by atomic mass is 10.1. The number of fused-ring (bicyclic) bond motifs is 1. The van der Waals surface area contributed by atoms with Crippen LogP contribution in [-0.2, 0) is 0 Å². The van der Waals surface area contributed by atoms with Gasteiger partial charge in [0, 0.05) is 22.7 Å². The summed E-state index contributed by atoms with van der Waals surface area (Å²) in [6.45, 7) is 4.04. The number of pyridine rings is 1. The van der Waals surface area contributed by atoms with Gasteiger partial charge in [-0.05, 0) is 44.2 Å². The van der Waals surface area contributed by atoms with Crippen LogP contribution in [0.25, 0.3) is 10.9 Å². The van der Waals surface area contributed by atoms with Gasteiger partial charge in [0.05, 0.1) is 31.6 Å². The Morgan fingerprint density at radius 3 is 2.60 bits per heavy atom. The van der Waals surface area contributed by atoms with E-state index in [0.717, 1.165) is 33.6 Å². The van der Waals surface area contributed by atoms with Gasteiger partial charge in [-0.2, -0.15) is 5.10 Å². The molecular formula is C20H21N3O2. The molecule has 1 aromatic heterocycles. The van der Waals surface area contributed by atoms with Gasteiger partial charge in [0.15, 0.2) is 0 Å². The van der Waals surface area contributed by atoms with Crippen LogP contribution in [0.1, 0.15) is 16.8 Å². The topological polar surface area (TPSA) is 55.7 Å². The van der Waals surface area contributed by atoms with Gasteiger partial charge in [0.25, 0.3) is 0 Å². The van der Waals surface area contributed by atoms with Crippen molar-refractivity contribution in [2.24, 2.45) is 5.10 Å². The van der Waals surface area contributed by atoms with Crippen molar-refractivity contribution in [3.05, 3.63) is 59.3 Å². The summed E-state index contributed by atoms with van der Waals surface area (Å²) in [5, 5.41) is 5.42. The van der Waals surface area contributed by atoms with Gasteiger partial charge in [-0.3, -0.25) is 10.4 Å². The number of aryl methyl sites for hydroxylation is 2. The maximum Gasteiger partial charge on any atom is 0.131 e. The molecule has 3 aromatic rings. The summed E-state index contributed by atoms with van der Waals surface area (Å²) in [4.78, 5) is 4.56. The predicted octanol–water partition coefficient (Wildman–Crippen LogP) is 4.31. The first-order valence-corrected chi connectivity index (χ1v) is 8.00. The summed E-state index contributed by atoms with van der Waals surface area (Å²) in [7, 11) is 3.25. The molecule has 0 aliphatic rings. The van der Waals surface area contributed by atoms with Gasteiger partial charge in [0.2, 0.25) is 0 Å². The number of methoxy groups -OCH3 is 2. The minimum atomic E-state index is 0.705. The third kappa shape index (κ3) is 3.71. The minimum Gasteiger partial charge on any atom is -0.497 e. The molecule has 5 heteroatoms. The maximum atomic E-state index is 5.39.